The average Bonchev–Trinajstić information content (AvgIpc) is 2.59. The van der Waals surface area contributed by atoms with Gasteiger partial charge in [0.05, 0.1) is 0 Å². The van der Waals surface area contributed by atoms with Crippen LogP contribution in [-0.4, -0.2) is 11.7 Å². The van der Waals surface area contributed by atoms with Crippen molar-refractivity contribution in [2.45, 2.75) is 116 Å². The summed E-state index contributed by atoms with van der Waals surface area (Å²) in [6.07, 6.45) is 29.7. The maximum Gasteiger partial charge on any atom is 0.0431 e. The van der Waals surface area contributed by atoms with E-state index in [2.05, 4.69) is 12.2 Å². The Balaban J connectivity index is 1.67. The molecule has 1 unspecified atom stereocenters. The normalized spacial score (nSPS) is 17.7. The average molecular weight is 323 g/mol. The molecule has 1 atom stereocenters. The summed E-state index contributed by atoms with van der Waals surface area (Å²) in [4.78, 5) is 0. The zero-order valence-electron chi connectivity index (χ0n) is 15.6. The Morgan fingerprint density at radius 1 is 0.609 bits per heavy atom. The molecule has 0 bridgehead atoms. The predicted molar refractivity (Wildman–Crippen MR) is 103 cm³/mol. The van der Waals surface area contributed by atoms with Gasteiger partial charge in [-0.15, -0.1) is 0 Å². The first-order valence-corrected chi connectivity index (χ1v) is 10.7. The molecule has 0 aromatic rings. The lowest BCUT2D eigenvalue weighted by Gasteiger charge is -2.17. The zero-order chi connectivity index (χ0) is 16.4. The van der Waals surface area contributed by atoms with Gasteiger partial charge in [0, 0.05) is 6.61 Å². The molecule has 0 aromatic heterocycles. The number of aliphatic hydroxyl groups excluding tert-OH is 1. The van der Waals surface area contributed by atoms with Crippen LogP contribution in [0.2, 0.25) is 0 Å². The molecule has 0 amide bonds. The van der Waals surface area contributed by atoms with Gasteiger partial charge in [-0.1, -0.05) is 102 Å². The van der Waals surface area contributed by atoms with Gasteiger partial charge in [-0.05, 0) is 31.6 Å². The van der Waals surface area contributed by atoms with Crippen LogP contribution in [0.15, 0.2) is 12.2 Å². The molecule has 1 nitrogen and oxygen atoms in total. The van der Waals surface area contributed by atoms with Gasteiger partial charge in [-0.25, -0.2) is 0 Å². The summed E-state index contributed by atoms with van der Waals surface area (Å²) < 4.78 is 0. The molecule has 0 saturated heterocycles. The summed E-state index contributed by atoms with van der Waals surface area (Å²) in [5.41, 5.74) is 0. The van der Waals surface area contributed by atoms with Gasteiger partial charge in [-0.2, -0.15) is 0 Å². The number of unbranched alkanes of at least 4 members (excludes halogenated alkanes) is 13. The fraction of sp³-hybridized carbons (Fsp3) is 0.909. The molecule has 0 spiro atoms. The van der Waals surface area contributed by atoms with Gasteiger partial charge in [0.1, 0.15) is 0 Å². The van der Waals surface area contributed by atoms with Crippen LogP contribution in [0.4, 0.5) is 0 Å². The molecule has 0 saturated carbocycles. The Morgan fingerprint density at radius 3 is 1.52 bits per heavy atom. The van der Waals surface area contributed by atoms with Crippen LogP contribution < -0.4 is 0 Å². The lowest BCUT2D eigenvalue weighted by atomic mass is 9.89. The lowest BCUT2D eigenvalue weighted by molar-refractivity contribution is 0.282. The van der Waals surface area contributed by atoms with Gasteiger partial charge < -0.3 is 5.11 Å². The quantitative estimate of drug-likeness (QED) is 0.235. The van der Waals surface area contributed by atoms with Crippen molar-refractivity contribution in [1.29, 1.82) is 0 Å². The van der Waals surface area contributed by atoms with Crippen LogP contribution in [0.1, 0.15) is 116 Å². The highest BCUT2D eigenvalue weighted by Crippen LogP contribution is 2.24. The number of allylic oxidation sites excluding steroid dienone is 2. The molecular weight excluding hydrogens is 280 g/mol. The molecule has 1 aliphatic carbocycles. The van der Waals surface area contributed by atoms with E-state index in [1.54, 1.807) is 0 Å². The van der Waals surface area contributed by atoms with Crippen LogP contribution in [0.25, 0.3) is 0 Å². The van der Waals surface area contributed by atoms with E-state index < -0.39 is 0 Å². The number of hydrogen-bond acceptors (Lipinski definition) is 1. The standard InChI is InChI=1S/C22H42O/c23-21-17-12-10-8-6-4-2-1-3-5-7-9-11-14-18-22-19-15-13-16-20-22/h13,15,22-23H,1-12,14,16-21H2. The molecule has 0 aliphatic heterocycles. The monoisotopic (exact) mass is 322 g/mol. The van der Waals surface area contributed by atoms with E-state index in [9.17, 15) is 0 Å². The van der Waals surface area contributed by atoms with Crippen LogP contribution in [0, 0.1) is 5.92 Å². The topological polar surface area (TPSA) is 20.2 Å². The van der Waals surface area contributed by atoms with Gasteiger partial charge >= 0.3 is 0 Å². The fourth-order valence-electron chi connectivity index (χ4n) is 3.78. The predicted octanol–water partition coefficient (Wildman–Crippen LogP) is 7.19. The third-order valence-electron chi connectivity index (χ3n) is 5.40. The Kier molecular flexibility index (Phi) is 14.9. The highest BCUT2D eigenvalue weighted by atomic mass is 16.2. The highest BCUT2D eigenvalue weighted by Gasteiger charge is 2.08. The van der Waals surface area contributed by atoms with Gasteiger partial charge in [-0.3, -0.25) is 0 Å². The van der Waals surface area contributed by atoms with Crippen molar-refractivity contribution in [3.63, 3.8) is 0 Å². The molecule has 1 rings (SSSR count). The first-order chi connectivity index (χ1) is 11.4. The largest absolute Gasteiger partial charge is 0.396 e. The first-order valence-electron chi connectivity index (χ1n) is 10.7. The first kappa shape index (κ1) is 20.7. The van der Waals surface area contributed by atoms with Crippen molar-refractivity contribution in [3.05, 3.63) is 12.2 Å². The number of hydrogen-bond donors (Lipinski definition) is 1. The van der Waals surface area contributed by atoms with Gasteiger partial charge in [0.25, 0.3) is 0 Å². The van der Waals surface area contributed by atoms with E-state index in [0.717, 1.165) is 12.3 Å². The van der Waals surface area contributed by atoms with Crippen molar-refractivity contribution >= 4 is 0 Å². The van der Waals surface area contributed by atoms with Crippen LogP contribution >= 0.6 is 0 Å². The molecule has 0 fully saturated rings. The van der Waals surface area contributed by atoms with Gasteiger partial charge in [0.2, 0.25) is 0 Å². The van der Waals surface area contributed by atoms with Crippen molar-refractivity contribution in [2.24, 2.45) is 5.92 Å². The lowest BCUT2D eigenvalue weighted by Crippen LogP contribution is -2.02. The molecule has 1 aliphatic rings. The second-order valence-electron chi connectivity index (χ2n) is 7.61. The van der Waals surface area contributed by atoms with E-state index in [0.29, 0.717) is 6.61 Å². The van der Waals surface area contributed by atoms with E-state index in [4.69, 9.17) is 5.11 Å². The summed E-state index contributed by atoms with van der Waals surface area (Å²) in [5, 5.41) is 8.71. The zero-order valence-corrected chi connectivity index (χ0v) is 15.6. The summed E-state index contributed by atoms with van der Waals surface area (Å²) >= 11 is 0. The van der Waals surface area contributed by atoms with Crippen LogP contribution in [0.5, 0.6) is 0 Å². The van der Waals surface area contributed by atoms with Crippen molar-refractivity contribution < 1.29 is 5.11 Å². The van der Waals surface area contributed by atoms with E-state index in [-0.39, 0.29) is 0 Å². The molecule has 1 N–H and O–H groups in total. The molecule has 0 radical (unpaired) electrons. The fourth-order valence-corrected chi connectivity index (χ4v) is 3.78. The Bertz CT molecular complexity index is 259. The molecule has 0 heterocycles. The van der Waals surface area contributed by atoms with Crippen LogP contribution in [0.3, 0.4) is 0 Å². The smallest absolute Gasteiger partial charge is 0.0431 e. The maximum absolute atomic E-state index is 8.71. The Hall–Kier alpha value is -0.300. The number of rotatable bonds is 16. The molecule has 0 aromatic carbocycles. The third-order valence-corrected chi connectivity index (χ3v) is 5.40. The van der Waals surface area contributed by atoms with E-state index in [1.165, 1.54) is 109 Å². The van der Waals surface area contributed by atoms with E-state index in [1.807, 2.05) is 0 Å². The van der Waals surface area contributed by atoms with Crippen molar-refractivity contribution in [2.75, 3.05) is 6.61 Å². The van der Waals surface area contributed by atoms with Crippen molar-refractivity contribution in [3.8, 4) is 0 Å². The Morgan fingerprint density at radius 2 is 1.09 bits per heavy atom. The maximum atomic E-state index is 8.71. The van der Waals surface area contributed by atoms with Gasteiger partial charge in [0.15, 0.2) is 0 Å². The molecule has 23 heavy (non-hydrogen) atoms. The van der Waals surface area contributed by atoms with E-state index >= 15 is 0 Å². The molecule has 136 valence electrons. The van der Waals surface area contributed by atoms with Crippen LogP contribution in [-0.2, 0) is 0 Å². The third kappa shape index (κ3) is 13.8. The minimum absolute atomic E-state index is 0.373. The Labute approximate surface area is 146 Å². The minimum Gasteiger partial charge on any atom is -0.396 e. The summed E-state index contributed by atoms with van der Waals surface area (Å²) in [7, 11) is 0. The van der Waals surface area contributed by atoms with Crippen molar-refractivity contribution in [1.82, 2.24) is 0 Å². The summed E-state index contributed by atoms with van der Waals surface area (Å²) in [5.74, 6) is 1.00. The second kappa shape index (κ2) is 16.6. The minimum atomic E-state index is 0.373. The second-order valence-corrected chi connectivity index (χ2v) is 7.61. The SMILES string of the molecule is OCCCCCCCCCCCCCCCCC1CC=CCC1. The number of aliphatic hydroxyl groups is 1. The summed E-state index contributed by atoms with van der Waals surface area (Å²) in [6, 6.07) is 0. The highest BCUT2D eigenvalue weighted by molar-refractivity contribution is 4.89. The summed E-state index contributed by atoms with van der Waals surface area (Å²) in [6.45, 7) is 0.373. The molecular formula is C22H42O. The molecule has 1 heteroatoms.